The third-order valence-corrected chi connectivity index (χ3v) is 2.89. The summed E-state index contributed by atoms with van der Waals surface area (Å²) in [5.41, 5.74) is 2.68. The Labute approximate surface area is 121 Å². The topological polar surface area (TPSA) is 50.4 Å². The van der Waals surface area contributed by atoms with Gasteiger partial charge in [0.25, 0.3) is 5.91 Å². The number of hydrogen-bond acceptors (Lipinski definition) is 3. The summed E-state index contributed by atoms with van der Waals surface area (Å²) in [6, 6.07) is 5.88. The Morgan fingerprint density at radius 3 is 2.75 bits per heavy atom. The number of rotatable bonds is 9. The Morgan fingerprint density at radius 2 is 2.05 bits per heavy atom. The number of ether oxygens (including phenoxy) is 1. The lowest BCUT2D eigenvalue weighted by Crippen LogP contribution is -2.26. The van der Waals surface area contributed by atoms with Crippen LogP contribution < -0.4 is 10.6 Å². The lowest BCUT2D eigenvalue weighted by atomic mass is 10.1. The maximum absolute atomic E-state index is 12.2. The number of aryl methyl sites for hydroxylation is 1. The first-order valence-electron chi connectivity index (χ1n) is 7.39. The molecule has 0 aromatic heterocycles. The normalized spacial score (nSPS) is 10.3. The van der Waals surface area contributed by atoms with Gasteiger partial charge in [0.1, 0.15) is 0 Å². The van der Waals surface area contributed by atoms with Gasteiger partial charge in [0.05, 0.1) is 5.56 Å². The highest BCUT2D eigenvalue weighted by Crippen LogP contribution is 2.17. The predicted molar refractivity (Wildman–Crippen MR) is 83.4 cm³/mol. The molecule has 0 saturated carbocycles. The molecule has 0 aliphatic carbocycles. The Bertz CT molecular complexity index is 419. The van der Waals surface area contributed by atoms with E-state index in [4.69, 9.17) is 4.74 Å². The lowest BCUT2D eigenvalue weighted by Gasteiger charge is -2.12. The highest BCUT2D eigenvalue weighted by molar-refractivity contribution is 5.99. The summed E-state index contributed by atoms with van der Waals surface area (Å²) in [6.07, 6.45) is 1.87. The molecule has 0 bridgehead atoms. The van der Waals surface area contributed by atoms with Crippen LogP contribution in [0.5, 0.6) is 0 Å². The minimum Gasteiger partial charge on any atom is -0.385 e. The maximum atomic E-state index is 12.2. The zero-order valence-corrected chi connectivity index (χ0v) is 12.8. The Morgan fingerprint density at radius 1 is 1.25 bits per heavy atom. The van der Waals surface area contributed by atoms with Crippen LogP contribution >= 0.6 is 0 Å². The Kier molecular flexibility index (Phi) is 7.73. The molecular weight excluding hydrogens is 252 g/mol. The van der Waals surface area contributed by atoms with Crippen molar-refractivity contribution in [2.45, 2.75) is 33.6 Å². The highest BCUT2D eigenvalue weighted by atomic mass is 16.5. The number of benzene rings is 1. The van der Waals surface area contributed by atoms with Gasteiger partial charge in [0.15, 0.2) is 0 Å². The fourth-order valence-corrected chi connectivity index (χ4v) is 1.91. The standard InChI is InChI=1S/C16H26N2O2/c1-4-10-20-11-6-9-18-16(19)14-12-13(3)7-8-15(14)17-5-2/h7-8,12,17H,4-6,9-11H2,1-3H3,(H,18,19). The second kappa shape index (κ2) is 9.37. The van der Waals surface area contributed by atoms with Gasteiger partial charge in [-0.2, -0.15) is 0 Å². The molecule has 0 heterocycles. The summed E-state index contributed by atoms with van der Waals surface area (Å²) in [7, 11) is 0. The van der Waals surface area contributed by atoms with Gasteiger partial charge in [0.2, 0.25) is 0 Å². The molecule has 20 heavy (non-hydrogen) atoms. The first-order chi connectivity index (χ1) is 9.69. The summed E-state index contributed by atoms with van der Waals surface area (Å²) in [5, 5.41) is 6.16. The van der Waals surface area contributed by atoms with E-state index >= 15 is 0 Å². The Hall–Kier alpha value is -1.55. The fourth-order valence-electron chi connectivity index (χ4n) is 1.91. The van der Waals surface area contributed by atoms with E-state index in [2.05, 4.69) is 17.6 Å². The van der Waals surface area contributed by atoms with E-state index in [0.717, 1.165) is 37.2 Å². The van der Waals surface area contributed by atoms with E-state index in [1.807, 2.05) is 32.0 Å². The maximum Gasteiger partial charge on any atom is 0.253 e. The van der Waals surface area contributed by atoms with Crippen LogP contribution in [0.1, 0.15) is 42.6 Å². The number of carbonyl (C=O) groups is 1. The van der Waals surface area contributed by atoms with Gasteiger partial charge in [-0.25, -0.2) is 0 Å². The van der Waals surface area contributed by atoms with Crippen molar-refractivity contribution >= 4 is 11.6 Å². The quantitative estimate of drug-likeness (QED) is 0.683. The summed E-state index contributed by atoms with van der Waals surface area (Å²) < 4.78 is 5.39. The van der Waals surface area contributed by atoms with Crippen molar-refractivity contribution in [3.8, 4) is 0 Å². The first-order valence-corrected chi connectivity index (χ1v) is 7.39. The summed E-state index contributed by atoms with van der Waals surface area (Å²) in [5.74, 6) is -0.0276. The van der Waals surface area contributed by atoms with Crippen molar-refractivity contribution in [3.63, 3.8) is 0 Å². The van der Waals surface area contributed by atoms with Crippen LogP contribution in [0.15, 0.2) is 18.2 Å². The van der Waals surface area contributed by atoms with E-state index in [0.29, 0.717) is 18.7 Å². The van der Waals surface area contributed by atoms with Crippen LogP contribution in [0.4, 0.5) is 5.69 Å². The van der Waals surface area contributed by atoms with Gasteiger partial charge < -0.3 is 15.4 Å². The van der Waals surface area contributed by atoms with Gasteiger partial charge >= 0.3 is 0 Å². The van der Waals surface area contributed by atoms with Crippen LogP contribution in [-0.4, -0.2) is 32.2 Å². The molecule has 1 amide bonds. The molecule has 4 nitrogen and oxygen atoms in total. The number of amides is 1. The van der Waals surface area contributed by atoms with Crippen molar-refractivity contribution in [2.75, 3.05) is 31.6 Å². The SMILES string of the molecule is CCCOCCCNC(=O)c1cc(C)ccc1NCC. The van der Waals surface area contributed by atoms with Crippen LogP contribution in [0.3, 0.4) is 0 Å². The Balaban J connectivity index is 2.47. The third kappa shape index (κ3) is 5.61. The molecule has 0 spiro atoms. The summed E-state index contributed by atoms with van der Waals surface area (Å²) in [4.78, 5) is 12.2. The second-order valence-electron chi connectivity index (χ2n) is 4.80. The predicted octanol–water partition coefficient (Wildman–Crippen LogP) is 2.97. The van der Waals surface area contributed by atoms with Gasteiger partial charge in [-0.1, -0.05) is 18.6 Å². The van der Waals surface area contributed by atoms with Crippen LogP contribution in [0, 0.1) is 6.92 Å². The van der Waals surface area contributed by atoms with Gasteiger partial charge in [-0.15, -0.1) is 0 Å². The smallest absolute Gasteiger partial charge is 0.253 e. The zero-order chi connectivity index (χ0) is 14.8. The molecule has 0 radical (unpaired) electrons. The molecule has 1 aromatic rings. The fraction of sp³-hybridized carbons (Fsp3) is 0.562. The van der Waals surface area contributed by atoms with Crippen molar-refractivity contribution < 1.29 is 9.53 Å². The van der Waals surface area contributed by atoms with E-state index in [1.54, 1.807) is 0 Å². The minimum absolute atomic E-state index is 0.0276. The second-order valence-corrected chi connectivity index (χ2v) is 4.80. The van der Waals surface area contributed by atoms with E-state index in [-0.39, 0.29) is 5.91 Å². The number of anilines is 1. The lowest BCUT2D eigenvalue weighted by molar-refractivity contribution is 0.0942. The van der Waals surface area contributed by atoms with Crippen LogP contribution in [-0.2, 0) is 4.74 Å². The summed E-state index contributed by atoms with van der Waals surface area (Å²) >= 11 is 0. The molecule has 0 fully saturated rings. The molecule has 0 unspecified atom stereocenters. The molecule has 1 rings (SSSR count). The minimum atomic E-state index is -0.0276. The molecule has 112 valence electrons. The van der Waals surface area contributed by atoms with Gasteiger partial charge in [-0.05, 0) is 38.8 Å². The molecular formula is C16H26N2O2. The van der Waals surface area contributed by atoms with Crippen molar-refractivity contribution in [1.82, 2.24) is 5.32 Å². The molecule has 2 N–H and O–H groups in total. The zero-order valence-electron chi connectivity index (χ0n) is 12.8. The molecule has 0 aliphatic heterocycles. The average molecular weight is 278 g/mol. The molecule has 0 saturated heterocycles. The molecule has 4 heteroatoms. The van der Waals surface area contributed by atoms with Crippen molar-refractivity contribution in [2.24, 2.45) is 0 Å². The number of nitrogens with one attached hydrogen (secondary N) is 2. The monoisotopic (exact) mass is 278 g/mol. The number of hydrogen-bond donors (Lipinski definition) is 2. The van der Waals surface area contributed by atoms with Crippen LogP contribution in [0.2, 0.25) is 0 Å². The van der Waals surface area contributed by atoms with Crippen molar-refractivity contribution in [1.29, 1.82) is 0 Å². The van der Waals surface area contributed by atoms with Crippen molar-refractivity contribution in [3.05, 3.63) is 29.3 Å². The largest absolute Gasteiger partial charge is 0.385 e. The number of carbonyl (C=O) groups excluding carboxylic acids is 1. The average Bonchev–Trinajstić information content (AvgIpc) is 2.44. The van der Waals surface area contributed by atoms with Gasteiger partial charge in [0, 0.05) is 32.0 Å². The van der Waals surface area contributed by atoms with E-state index in [9.17, 15) is 4.79 Å². The van der Waals surface area contributed by atoms with E-state index in [1.165, 1.54) is 0 Å². The van der Waals surface area contributed by atoms with E-state index < -0.39 is 0 Å². The molecule has 0 aliphatic rings. The molecule has 0 atom stereocenters. The summed E-state index contributed by atoms with van der Waals surface area (Å²) in [6.45, 7) is 9.02. The van der Waals surface area contributed by atoms with Gasteiger partial charge in [-0.3, -0.25) is 4.79 Å². The molecule has 1 aromatic carbocycles. The third-order valence-electron chi connectivity index (χ3n) is 2.89. The first kappa shape index (κ1) is 16.5. The highest BCUT2D eigenvalue weighted by Gasteiger charge is 2.10. The van der Waals surface area contributed by atoms with Crippen LogP contribution in [0.25, 0.3) is 0 Å².